The zero-order valence-electron chi connectivity index (χ0n) is 11.6. The number of anilines is 1. The molecule has 0 fully saturated rings. The van der Waals surface area contributed by atoms with Crippen molar-refractivity contribution in [3.8, 4) is 0 Å². The van der Waals surface area contributed by atoms with Crippen LogP contribution in [0.5, 0.6) is 0 Å². The van der Waals surface area contributed by atoms with E-state index in [-0.39, 0.29) is 4.90 Å². The van der Waals surface area contributed by atoms with Crippen LogP contribution in [0.15, 0.2) is 35.4 Å². The third-order valence-electron chi connectivity index (χ3n) is 3.07. The van der Waals surface area contributed by atoms with Gasteiger partial charge in [0.05, 0.1) is 5.52 Å². The Hall–Kier alpha value is -1.66. The van der Waals surface area contributed by atoms with Gasteiger partial charge in [-0.05, 0) is 36.6 Å². The van der Waals surface area contributed by atoms with E-state index < -0.39 is 10.0 Å². The molecule has 1 aromatic carbocycles. The lowest BCUT2D eigenvalue weighted by atomic mass is 10.1. The van der Waals surface area contributed by atoms with Crippen molar-refractivity contribution in [3.63, 3.8) is 0 Å². The maximum atomic E-state index is 12.3. The fourth-order valence-corrected chi connectivity index (χ4v) is 3.15. The Balaban J connectivity index is 2.40. The molecule has 0 atom stereocenters. The number of nitrogens with one attached hydrogen (secondary N) is 1. The van der Waals surface area contributed by atoms with E-state index in [1.165, 1.54) is 6.07 Å². The average molecular weight is 293 g/mol. The number of aromatic nitrogens is 1. The van der Waals surface area contributed by atoms with Crippen LogP contribution in [0.3, 0.4) is 0 Å². The highest BCUT2D eigenvalue weighted by Crippen LogP contribution is 2.25. The second-order valence-electron chi connectivity index (χ2n) is 5.13. The van der Waals surface area contributed by atoms with E-state index in [0.29, 0.717) is 29.1 Å². The van der Waals surface area contributed by atoms with Crippen LogP contribution in [0.4, 0.5) is 5.69 Å². The smallest absolute Gasteiger partial charge is 0.242 e. The summed E-state index contributed by atoms with van der Waals surface area (Å²) in [6.07, 6.45) is 2.36. The minimum atomic E-state index is -3.57. The average Bonchev–Trinajstić information content (AvgIpc) is 2.38. The van der Waals surface area contributed by atoms with Gasteiger partial charge >= 0.3 is 0 Å². The summed E-state index contributed by atoms with van der Waals surface area (Å²) in [6, 6.07) is 6.61. The Morgan fingerprint density at radius 2 is 2.05 bits per heavy atom. The Morgan fingerprint density at radius 3 is 2.75 bits per heavy atom. The van der Waals surface area contributed by atoms with Crippen molar-refractivity contribution in [2.24, 2.45) is 5.92 Å². The second kappa shape index (κ2) is 5.76. The fraction of sp³-hybridized carbons (Fsp3) is 0.357. The number of nitrogens with zero attached hydrogens (tertiary/aromatic N) is 1. The van der Waals surface area contributed by atoms with Gasteiger partial charge in [-0.1, -0.05) is 13.8 Å². The van der Waals surface area contributed by atoms with Crippen LogP contribution in [0.1, 0.15) is 20.3 Å². The van der Waals surface area contributed by atoms with Gasteiger partial charge in [0, 0.05) is 23.8 Å². The molecule has 0 saturated carbocycles. The van der Waals surface area contributed by atoms with Gasteiger partial charge in [-0.25, -0.2) is 13.1 Å². The normalized spacial score (nSPS) is 12.2. The van der Waals surface area contributed by atoms with Crippen molar-refractivity contribution >= 4 is 26.6 Å². The number of sulfonamides is 1. The molecule has 0 amide bonds. The SMILES string of the molecule is CC(C)CCNS(=O)(=O)c1ccc(N)c2cccnc12. The van der Waals surface area contributed by atoms with Crippen LogP contribution in [-0.2, 0) is 10.0 Å². The molecule has 108 valence electrons. The van der Waals surface area contributed by atoms with Crippen LogP contribution >= 0.6 is 0 Å². The molecule has 2 rings (SSSR count). The van der Waals surface area contributed by atoms with E-state index in [9.17, 15) is 8.42 Å². The summed E-state index contributed by atoms with van der Waals surface area (Å²) in [6.45, 7) is 4.52. The first-order valence-electron chi connectivity index (χ1n) is 6.54. The second-order valence-corrected chi connectivity index (χ2v) is 6.87. The van der Waals surface area contributed by atoms with Crippen molar-refractivity contribution in [1.29, 1.82) is 0 Å². The molecule has 2 aromatic rings. The summed E-state index contributed by atoms with van der Waals surface area (Å²) in [5.74, 6) is 0.444. The first kappa shape index (κ1) is 14.7. The van der Waals surface area contributed by atoms with Crippen LogP contribution in [0.2, 0.25) is 0 Å². The van der Waals surface area contributed by atoms with Crippen molar-refractivity contribution < 1.29 is 8.42 Å². The summed E-state index contributed by atoms with van der Waals surface area (Å²) in [5.41, 5.74) is 6.78. The highest BCUT2D eigenvalue weighted by atomic mass is 32.2. The molecule has 0 spiro atoms. The van der Waals surface area contributed by atoms with E-state index in [1.807, 2.05) is 0 Å². The Morgan fingerprint density at radius 1 is 1.30 bits per heavy atom. The molecule has 1 aromatic heterocycles. The maximum absolute atomic E-state index is 12.3. The molecule has 20 heavy (non-hydrogen) atoms. The largest absolute Gasteiger partial charge is 0.398 e. The summed E-state index contributed by atoms with van der Waals surface area (Å²) < 4.78 is 27.3. The molecule has 3 N–H and O–H groups in total. The van der Waals surface area contributed by atoms with Crippen molar-refractivity contribution in [2.45, 2.75) is 25.2 Å². The summed E-state index contributed by atoms with van der Waals surface area (Å²) in [4.78, 5) is 4.32. The molecule has 0 radical (unpaired) electrons. The number of nitrogens with two attached hydrogens (primary N) is 1. The quantitative estimate of drug-likeness (QED) is 0.827. The van der Waals surface area contributed by atoms with Gasteiger partial charge < -0.3 is 5.73 Å². The number of hydrogen-bond donors (Lipinski definition) is 2. The highest BCUT2D eigenvalue weighted by molar-refractivity contribution is 7.89. The lowest BCUT2D eigenvalue weighted by molar-refractivity contribution is 0.552. The molecule has 0 saturated heterocycles. The van der Waals surface area contributed by atoms with Gasteiger partial charge in [0.25, 0.3) is 0 Å². The molecule has 5 nitrogen and oxygen atoms in total. The fourth-order valence-electron chi connectivity index (χ4n) is 1.95. The summed E-state index contributed by atoms with van der Waals surface area (Å²) in [5, 5.41) is 0.652. The highest BCUT2D eigenvalue weighted by Gasteiger charge is 2.18. The standard InChI is InChI=1S/C14H19N3O2S/c1-10(2)7-9-17-20(18,19)13-6-5-12(15)11-4-3-8-16-14(11)13/h3-6,8,10,17H,7,9,15H2,1-2H3. The van der Waals surface area contributed by atoms with Crippen molar-refractivity contribution in [1.82, 2.24) is 9.71 Å². The van der Waals surface area contributed by atoms with Gasteiger partial charge in [-0.15, -0.1) is 0 Å². The third-order valence-corrected chi connectivity index (χ3v) is 4.56. The molecule has 0 aliphatic rings. The minimum absolute atomic E-state index is 0.172. The van der Waals surface area contributed by atoms with E-state index in [1.54, 1.807) is 24.4 Å². The Kier molecular flexibility index (Phi) is 4.25. The molecular formula is C14H19N3O2S. The number of pyridine rings is 1. The monoisotopic (exact) mass is 293 g/mol. The van der Waals surface area contributed by atoms with E-state index in [4.69, 9.17) is 5.73 Å². The van der Waals surface area contributed by atoms with Crippen molar-refractivity contribution in [3.05, 3.63) is 30.5 Å². The predicted molar refractivity (Wildman–Crippen MR) is 80.8 cm³/mol. The first-order chi connectivity index (χ1) is 9.42. The molecule has 6 heteroatoms. The number of hydrogen-bond acceptors (Lipinski definition) is 4. The van der Waals surface area contributed by atoms with Crippen LogP contribution in [-0.4, -0.2) is 19.9 Å². The van der Waals surface area contributed by atoms with Crippen LogP contribution in [0, 0.1) is 5.92 Å². The van der Waals surface area contributed by atoms with Gasteiger partial charge in [0.15, 0.2) is 0 Å². The van der Waals surface area contributed by atoms with Gasteiger partial charge in [-0.3, -0.25) is 4.98 Å². The topological polar surface area (TPSA) is 85.1 Å². The zero-order chi connectivity index (χ0) is 14.8. The van der Waals surface area contributed by atoms with E-state index >= 15 is 0 Å². The molecule has 1 heterocycles. The summed E-state index contributed by atoms with van der Waals surface area (Å²) >= 11 is 0. The molecule has 0 bridgehead atoms. The number of nitrogen functional groups attached to an aromatic ring is 1. The molecular weight excluding hydrogens is 274 g/mol. The number of rotatable bonds is 5. The lowest BCUT2D eigenvalue weighted by Crippen LogP contribution is -2.26. The van der Waals surface area contributed by atoms with Gasteiger partial charge in [0.2, 0.25) is 10.0 Å². The first-order valence-corrected chi connectivity index (χ1v) is 8.03. The lowest BCUT2D eigenvalue weighted by Gasteiger charge is -2.11. The molecule has 0 aliphatic heterocycles. The van der Waals surface area contributed by atoms with E-state index in [0.717, 1.165) is 6.42 Å². The number of fused-ring (bicyclic) bond motifs is 1. The maximum Gasteiger partial charge on any atom is 0.242 e. The molecule has 0 aliphatic carbocycles. The Labute approximate surface area is 119 Å². The van der Waals surface area contributed by atoms with E-state index in [2.05, 4.69) is 23.6 Å². The van der Waals surface area contributed by atoms with Crippen molar-refractivity contribution in [2.75, 3.05) is 12.3 Å². The minimum Gasteiger partial charge on any atom is -0.398 e. The zero-order valence-corrected chi connectivity index (χ0v) is 12.4. The summed E-state index contributed by atoms with van der Waals surface area (Å²) in [7, 11) is -3.57. The van der Waals surface area contributed by atoms with Crippen LogP contribution in [0.25, 0.3) is 10.9 Å². The molecule has 0 unspecified atom stereocenters. The Bertz CT molecular complexity index is 711. The van der Waals surface area contributed by atoms with Gasteiger partial charge in [-0.2, -0.15) is 0 Å². The van der Waals surface area contributed by atoms with Gasteiger partial charge in [0.1, 0.15) is 4.90 Å². The predicted octanol–water partition coefficient (Wildman–Crippen LogP) is 2.14. The number of benzene rings is 1. The van der Waals surface area contributed by atoms with Crippen LogP contribution < -0.4 is 10.5 Å². The third kappa shape index (κ3) is 3.08.